The average molecular weight is 369 g/mol. The molecule has 1 aromatic rings. The third kappa shape index (κ3) is 3.90. The molecule has 2 amide bonds. The molecule has 2 N–H and O–H groups in total. The molecule has 0 aromatic heterocycles. The molecule has 0 radical (unpaired) electrons. The molecule has 1 unspecified atom stereocenters. The van der Waals surface area contributed by atoms with E-state index in [1.165, 1.54) is 38.5 Å². The van der Waals surface area contributed by atoms with Gasteiger partial charge in [0.2, 0.25) is 0 Å². The summed E-state index contributed by atoms with van der Waals surface area (Å²) in [5, 5.41) is 6.08. The number of benzene rings is 1. The van der Waals surface area contributed by atoms with Crippen LogP contribution >= 0.6 is 0 Å². The Kier molecular flexibility index (Phi) is 5.00. The quantitative estimate of drug-likeness (QED) is 0.728. The number of Topliss-reactive ketones (excluding diaryl/α,β-unsaturated/α-hetero) is 1. The number of ketones is 1. The molecule has 27 heavy (non-hydrogen) atoms. The van der Waals surface area contributed by atoms with Crippen molar-refractivity contribution in [1.82, 2.24) is 10.6 Å². The van der Waals surface area contributed by atoms with Crippen molar-refractivity contribution < 1.29 is 9.59 Å². The van der Waals surface area contributed by atoms with Crippen LogP contribution in [0.15, 0.2) is 24.3 Å². The Morgan fingerprint density at radius 1 is 1.04 bits per heavy atom. The van der Waals surface area contributed by atoms with Crippen LogP contribution in [0.25, 0.3) is 0 Å². The molecular weight excluding hydrogens is 336 g/mol. The maximum atomic E-state index is 12.4. The van der Waals surface area contributed by atoms with Crippen molar-refractivity contribution in [2.75, 3.05) is 6.54 Å². The Morgan fingerprint density at radius 3 is 2.15 bits per heavy atom. The van der Waals surface area contributed by atoms with Crippen LogP contribution in [0.5, 0.6) is 0 Å². The highest BCUT2D eigenvalue weighted by Gasteiger charge is 2.53. The van der Waals surface area contributed by atoms with Gasteiger partial charge in [-0.15, -0.1) is 0 Å². The number of hydrogen-bond donors (Lipinski definition) is 2. The van der Waals surface area contributed by atoms with E-state index in [1.807, 2.05) is 31.2 Å². The van der Waals surface area contributed by atoms with E-state index in [4.69, 9.17) is 0 Å². The highest BCUT2D eigenvalue weighted by atomic mass is 16.2. The predicted octanol–water partition coefficient (Wildman–Crippen LogP) is 4.47. The number of carbonyl (C=O) groups is 2. The Hall–Kier alpha value is -1.84. The Labute approximate surface area is 162 Å². The van der Waals surface area contributed by atoms with Gasteiger partial charge < -0.3 is 10.6 Å². The lowest BCUT2D eigenvalue weighted by atomic mass is 9.48. The normalized spacial score (nSPS) is 32.1. The number of aryl methyl sites for hydroxylation is 1. The van der Waals surface area contributed by atoms with Crippen LogP contribution in [0.2, 0.25) is 0 Å². The largest absolute Gasteiger partial charge is 0.338 e. The van der Waals surface area contributed by atoms with Gasteiger partial charge in [-0.25, -0.2) is 4.79 Å². The maximum absolute atomic E-state index is 12.4. The molecule has 0 spiro atoms. The van der Waals surface area contributed by atoms with Crippen molar-refractivity contribution in [3.63, 3.8) is 0 Å². The highest BCUT2D eigenvalue weighted by Crippen LogP contribution is 2.61. The zero-order chi connectivity index (χ0) is 19.0. The first-order chi connectivity index (χ1) is 12.9. The summed E-state index contributed by atoms with van der Waals surface area (Å²) in [4.78, 5) is 24.6. The highest BCUT2D eigenvalue weighted by molar-refractivity contribution is 5.96. The van der Waals surface area contributed by atoms with Gasteiger partial charge in [-0.3, -0.25) is 4.79 Å². The van der Waals surface area contributed by atoms with Crippen molar-refractivity contribution >= 4 is 11.8 Å². The smallest absolute Gasteiger partial charge is 0.315 e. The van der Waals surface area contributed by atoms with Gasteiger partial charge in [0.25, 0.3) is 0 Å². The van der Waals surface area contributed by atoms with E-state index >= 15 is 0 Å². The summed E-state index contributed by atoms with van der Waals surface area (Å²) in [6.07, 6.45) is 8.44. The third-order valence-electron chi connectivity index (χ3n) is 7.36. The summed E-state index contributed by atoms with van der Waals surface area (Å²) >= 11 is 0. The molecule has 4 saturated carbocycles. The fraction of sp³-hybridized carbons (Fsp3) is 0.652. The van der Waals surface area contributed by atoms with Gasteiger partial charge in [0.15, 0.2) is 5.78 Å². The van der Waals surface area contributed by atoms with Gasteiger partial charge in [0.1, 0.15) is 0 Å². The number of rotatable bonds is 6. The molecule has 4 heteroatoms. The zero-order valence-corrected chi connectivity index (χ0v) is 16.6. The maximum Gasteiger partial charge on any atom is 0.315 e. The monoisotopic (exact) mass is 368 g/mol. The number of amides is 2. The van der Waals surface area contributed by atoms with Crippen LogP contribution in [-0.4, -0.2) is 24.4 Å². The summed E-state index contributed by atoms with van der Waals surface area (Å²) in [6.45, 7) is 4.57. The molecule has 0 aliphatic heterocycles. The third-order valence-corrected chi connectivity index (χ3v) is 7.36. The van der Waals surface area contributed by atoms with Gasteiger partial charge in [-0.05, 0) is 75.5 Å². The van der Waals surface area contributed by atoms with Crippen LogP contribution in [0.1, 0.15) is 67.8 Å². The summed E-state index contributed by atoms with van der Waals surface area (Å²) in [7, 11) is 0. The lowest BCUT2D eigenvalue weighted by Crippen LogP contribution is -2.57. The minimum atomic E-state index is -0.130. The fourth-order valence-corrected chi connectivity index (χ4v) is 6.28. The fourth-order valence-electron chi connectivity index (χ4n) is 6.28. The van der Waals surface area contributed by atoms with Crippen LogP contribution in [-0.2, 0) is 0 Å². The first-order valence-corrected chi connectivity index (χ1v) is 10.6. The van der Waals surface area contributed by atoms with Crippen molar-refractivity contribution in [3.05, 3.63) is 35.4 Å². The van der Waals surface area contributed by atoms with E-state index < -0.39 is 0 Å². The molecule has 0 saturated heterocycles. The van der Waals surface area contributed by atoms with E-state index in [1.54, 1.807) is 0 Å². The molecule has 0 heterocycles. The molecule has 1 atom stereocenters. The van der Waals surface area contributed by atoms with E-state index in [9.17, 15) is 9.59 Å². The molecule has 1 aromatic carbocycles. The minimum Gasteiger partial charge on any atom is -0.338 e. The lowest BCUT2D eigenvalue weighted by Gasteiger charge is -2.59. The van der Waals surface area contributed by atoms with E-state index in [0.29, 0.717) is 23.9 Å². The van der Waals surface area contributed by atoms with Crippen LogP contribution in [0.4, 0.5) is 4.79 Å². The standard InChI is InChI=1S/C23H32N2O2/c1-15-3-5-20(6-4-15)21(26)7-8-24-22(27)25-16(2)23-12-17-9-18(13-23)11-19(10-17)14-23/h3-6,16-19H,7-14H2,1-2H3,(H2,24,25,27). The minimum absolute atomic E-state index is 0.0735. The van der Waals surface area contributed by atoms with E-state index in [0.717, 1.165) is 23.3 Å². The second-order valence-corrected chi connectivity index (χ2v) is 9.44. The first-order valence-electron chi connectivity index (χ1n) is 10.6. The first kappa shape index (κ1) is 18.5. The topological polar surface area (TPSA) is 58.2 Å². The predicted molar refractivity (Wildman–Crippen MR) is 107 cm³/mol. The number of carbonyl (C=O) groups excluding carboxylic acids is 2. The Bertz CT molecular complexity index is 674. The zero-order valence-electron chi connectivity index (χ0n) is 16.6. The molecule has 4 aliphatic carbocycles. The lowest BCUT2D eigenvalue weighted by molar-refractivity contribution is -0.0682. The second kappa shape index (κ2) is 7.29. The van der Waals surface area contributed by atoms with Crippen molar-refractivity contribution in [1.29, 1.82) is 0 Å². The number of hydrogen-bond acceptors (Lipinski definition) is 2. The molecule has 4 fully saturated rings. The van der Waals surface area contributed by atoms with Crippen LogP contribution in [0.3, 0.4) is 0 Å². The Morgan fingerprint density at radius 2 is 1.59 bits per heavy atom. The van der Waals surface area contributed by atoms with Gasteiger partial charge in [-0.2, -0.15) is 0 Å². The molecule has 5 rings (SSSR count). The van der Waals surface area contributed by atoms with Gasteiger partial charge in [-0.1, -0.05) is 29.8 Å². The van der Waals surface area contributed by atoms with Gasteiger partial charge in [0, 0.05) is 24.6 Å². The molecular formula is C23H32N2O2. The van der Waals surface area contributed by atoms with E-state index in [-0.39, 0.29) is 17.9 Å². The van der Waals surface area contributed by atoms with Crippen LogP contribution in [0, 0.1) is 30.1 Å². The van der Waals surface area contributed by atoms with Crippen molar-refractivity contribution in [3.8, 4) is 0 Å². The summed E-state index contributed by atoms with van der Waals surface area (Å²) in [5.74, 6) is 2.73. The number of urea groups is 1. The van der Waals surface area contributed by atoms with E-state index in [2.05, 4.69) is 17.6 Å². The van der Waals surface area contributed by atoms with Crippen molar-refractivity contribution in [2.24, 2.45) is 23.2 Å². The average Bonchev–Trinajstić information content (AvgIpc) is 2.61. The van der Waals surface area contributed by atoms with Crippen LogP contribution < -0.4 is 10.6 Å². The van der Waals surface area contributed by atoms with Crippen molar-refractivity contribution in [2.45, 2.75) is 64.8 Å². The second-order valence-electron chi connectivity index (χ2n) is 9.44. The summed E-state index contributed by atoms with van der Waals surface area (Å²) in [6, 6.07) is 7.68. The molecule has 4 nitrogen and oxygen atoms in total. The number of nitrogens with one attached hydrogen (secondary N) is 2. The SMILES string of the molecule is Cc1ccc(C(=O)CCNC(=O)NC(C)C23CC4CC(CC(C4)C2)C3)cc1. The van der Waals surface area contributed by atoms with Gasteiger partial charge in [0.05, 0.1) is 0 Å². The molecule has 146 valence electrons. The van der Waals surface area contributed by atoms with Gasteiger partial charge >= 0.3 is 6.03 Å². The summed E-state index contributed by atoms with van der Waals surface area (Å²) in [5.41, 5.74) is 2.16. The molecule has 4 bridgehead atoms. The Balaban J connectivity index is 1.25. The summed E-state index contributed by atoms with van der Waals surface area (Å²) < 4.78 is 0. The molecule has 4 aliphatic rings.